The van der Waals surface area contributed by atoms with Gasteiger partial charge < -0.3 is 10.6 Å². The first kappa shape index (κ1) is 16.3. The van der Waals surface area contributed by atoms with Crippen LogP contribution in [0.2, 0.25) is 0 Å². The van der Waals surface area contributed by atoms with Crippen molar-refractivity contribution in [3.05, 3.63) is 41.7 Å². The van der Waals surface area contributed by atoms with Gasteiger partial charge in [0.25, 0.3) is 0 Å². The van der Waals surface area contributed by atoms with Crippen molar-refractivity contribution in [3.63, 3.8) is 0 Å². The minimum Gasteiger partial charge on any atom is -0.332 e. The fraction of sp³-hybridized carbons (Fsp3) is 0.286. The number of alkyl halides is 3. The number of nitrogens with zero attached hydrogens (tertiary/aromatic N) is 2. The zero-order chi connectivity index (χ0) is 16.3. The summed E-state index contributed by atoms with van der Waals surface area (Å²) in [5.74, 6) is 0. The SMILES string of the molecule is CCn1cc(NC(=S)Nc2ccccc2C(F)(F)F)c(C)n1. The van der Waals surface area contributed by atoms with Crippen molar-refractivity contribution in [2.45, 2.75) is 26.6 Å². The van der Waals surface area contributed by atoms with Crippen molar-refractivity contribution in [2.75, 3.05) is 10.6 Å². The van der Waals surface area contributed by atoms with Crippen LogP contribution in [0.4, 0.5) is 24.5 Å². The van der Waals surface area contributed by atoms with Crippen molar-refractivity contribution in [1.29, 1.82) is 0 Å². The summed E-state index contributed by atoms with van der Waals surface area (Å²) in [5.41, 5.74) is 0.520. The second-order valence-electron chi connectivity index (χ2n) is 4.61. The van der Waals surface area contributed by atoms with E-state index in [0.717, 1.165) is 11.8 Å². The average molecular weight is 328 g/mol. The Hall–Kier alpha value is -2.09. The van der Waals surface area contributed by atoms with E-state index in [-0.39, 0.29) is 10.8 Å². The summed E-state index contributed by atoms with van der Waals surface area (Å²) < 4.78 is 40.5. The molecule has 0 aliphatic rings. The predicted molar refractivity (Wildman–Crippen MR) is 83.9 cm³/mol. The zero-order valence-corrected chi connectivity index (χ0v) is 12.8. The molecule has 8 heteroatoms. The number of hydrogen-bond acceptors (Lipinski definition) is 2. The number of benzene rings is 1. The van der Waals surface area contributed by atoms with E-state index < -0.39 is 11.7 Å². The topological polar surface area (TPSA) is 41.9 Å². The smallest absolute Gasteiger partial charge is 0.332 e. The van der Waals surface area contributed by atoms with Crippen LogP contribution in [0.5, 0.6) is 0 Å². The van der Waals surface area contributed by atoms with E-state index in [4.69, 9.17) is 12.2 Å². The molecular formula is C14H15F3N4S. The highest BCUT2D eigenvalue weighted by atomic mass is 32.1. The van der Waals surface area contributed by atoms with Gasteiger partial charge in [-0.25, -0.2) is 0 Å². The van der Waals surface area contributed by atoms with Gasteiger partial charge in [0.1, 0.15) is 0 Å². The normalized spacial score (nSPS) is 11.3. The Morgan fingerprint density at radius 1 is 1.23 bits per heavy atom. The van der Waals surface area contributed by atoms with Gasteiger partial charge in [0, 0.05) is 12.7 Å². The summed E-state index contributed by atoms with van der Waals surface area (Å²) >= 11 is 5.08. The molecule has 0 aliphatic carbocycles. The van der Waals surface area contributed by atoms with Crippen LogP contribution in [0, 0.1) is 6.92 Å². The maximum Gasteiger partial charge on any atom is 0.418 e. The molecule has 0 fully saturated rings. The molecule has 118 valence electrons. The molecule has 2 aromatic rings. The quantitative estimate of drug-likeness (QED) is 0.835. The maximum absolute atomic E-state index is 12.9. The Bertz CT molecular complexity index is 679. The van der Waals surface area contributed by atoms with E-state index in [0.29, 0.717) is 12.2 Å². The summed E-state index contributed by atoms with van der Waals surface area (Å²) in [6.07, 6.45) is -2.69. The Labute approximate surface area is 131 Å². The molecule has 0 spiro atoms. The van der Waals surface area contributed by atoms with Crippen LogP contribution >= 0.6 is 12.2 Å². The number of rotatable bonds is 3. The molecule has 0 radical (unpaired) electrons. The van der Waals surface area contributed by atoms with Crippen molar-refractivity contribution >= 4 is 28.7 Å². The first-order chi connectivity index (χ1) is 10.3. The monoisotopic (exact) mass is 328 g/mol. The third kappa shape index (κ3) is 3.76. The highest BCUT2D eigenvalue weighted by Gasteiger charge is 2.33. The van der Waals surface area contributed by atoms with Crippen LogP contribution in [0.3, 0.4) is 0 Å². The van der Waals surface area contributed by atoms with Crippen molar-refractivity contribution < 1.29 is 13.2 Å². The number of aromatic nitrogens is 2. The van der Waals surface area contributed by atoms with E-state index in [1.807, 2.05) is 6.92 Å². The van der Waals surface area contributed by atoms with E-state index in [2.05, 4.69) is 15.7 Å². The van der Waals surface area contributed by atoms with Gasteiger partial charge >= 0.3 is 6.18 Å². The fourth-order valence-electron chi connectivity index (χ4n) is 1.92. The molecule has 0 unspecified atom stereocenters. The van der Waals surface area contributed by atoms with Crippen LogP contribution < -0.4 is 10.6 Å². The maximum atomic E-state index is 12.9. The van der Waals surface area contributed by atoms with E-state index in [1.54, 1.807) is 17.8 Å². The van der Waals surface area contributed by atoms with Crippen LogP contribution in [-0.2, 0) is 12.7 Å². The van der Waals surface area contributed by atoms with Crippen LogP contribution in [0.1, 0.15) is 18.2 Å². The molecule has 1 heterocycles. The Morgan fingerprint density at radius 2 is 1.86 bits per heavy atom. The van der Waals surface area contributed by atoms with Crippen molar-refractivity contribution in [1.82, 2.24) is 9.78 Å². The van der Waals surface area contributed by atoms with E-state index >= 15 is 0 Å². The second-order valence-corrected chi connectivity index (χ2v) is 5.01. The standard InChI is InChI=1S/C14H15F3N4S/c1-3-21-8-12(9(2)20-21)19-13(22)18-11-7-5-4-6-10(11)14(15,16)17/h4-8H,3H2,1-2H3,(H2,18,19,22). The van der Waals surface area contributed by atoms with Gasteiger partial charge in [-0.1, -0.05) is 12.1 Å². The first-order valence-electron chi connectivity index (χ1n) is 6.59. The molecule has 0 bridgehead atoms. The van der Waals surface area contributed by atoms with E-state index in [1.165, 1.54) is 18.2 Å². The molecule has 0 atom stereocenters. The van der Waals surface area contributed by atoms with Crippen molar-refractivity contribution in [2.24, 2.45) is 0 Å². The molecule has 0 saturated carbocycles. The Morgan fingerprint density at radius 3 is 2.45 bits per heavy atom. The van der Waals surface area contributed by atoms with Gasteiger partial charge in [0.05, 0.1) is 22.6 Å². The van der Waals surface area contributed by atoms with Crippen LogP contribution in [-0.4, -0.2) is 14.9 Å². The molecule has 1 aromatic carbocycles. The predicted octanol–water partition coefficient (Wildman–Crippen LogP) is 4.04. The first-order valence-corrected chi connectivity index (χ1v) is 7.00. The largest absolute Gasteiger partial charge is 0.418 e. The summed E-state index contributed by atoms with van der Waals surface area (Å²) in [5, 5.41) is 9.76. The molecule has 1 aromatic heterocycles. The molecule has 0 aliphatic heterocycles. The summed E-state index contributed by atoms with van der Waals surface area (Å²) in [4.78, 5) is 0. The average Bonchev–Trinajstić information content (AvgIpc) is 2.78. The summed E-state index contributed by atoms with van der Waals surface area (Å²) in [6, 6.07) is 5.19. The van der Waals surface area contributed by atoms with Gasteiger partial charge in [-0.2, -0.15) is 18.3 Å². The molecule has 22 heavy (non-hydrogen) atoms. The minimum absolute atomic E-state index is 0.0791. The molecule has 0 saturated heterocycles. The highest BCUT2D eigenvalue weighted by Crippen LogP contribution is 2.34. The fourth-order valence-corrected chi connectivity index (χ4v) is 2.14. The second kappa shape index (κ2) is 6.35. The minimum atomic E-state index is -4.44. The van der Waals surface area contributed by atoms with Gasteiger partial charge in [-0.15, -0.1) is 0 Å². The lowest BCUT2D eigenvalue weighted by Gasteiger charge is -2.15. The van der Waals surface area contributed by atoms with Gasteiger partial charge in [-0.3, -0.25) is 4.68 Å². The molecule has 2 rings (SSSR count). The van der Waals surface area contributed by atoms with Gasteiger partial charge in [0.15, 0.2) is 5.11 Å². The number of nitrogens with one attached hydrogen (secondary N) is 2. The van der Waals surface area contributed by atoms with Gasteiger partial charge in [0.2, 0.25) is 0 Å². The molecule has 2 N–H and O–H groups in total. The van der Waals surface area contributed by atoms with E-state index in [9.17, 15) is 13.2 Å². The zero-order valence-electron chi connectivity index (χ0n) is 12.0. The molecule has 4 nitrogen and oxygen atoms in total. The van der Waals surface area contributed by atoms with Gasteiger partial charge in [-0.05, 0) is 38.2 Å². The number of thiocarbonyl (C=S) groups is 1. The summed E-state index contributed by atoms with van der Waals surface area (Å²) in [6.45, 7) is 4.42. The molecular weight excluding hydrogens is 313 g/mol. The number of halogens is 3. The lowest BCUT2D eigenvalue weighted by Crippen LogP contribution is -2.21. The Kier molecular flexibility index (Phi) is 4.70. The van der Waals surface area contributed by atoms with Crippen molar-refractivity contribution in [3.8, 4) is 0 Å². The third-order valence-corrected chi connectivity index (χ3v) is 3.20. The van der Waals surface area contributed by atoms with Crippen LogP contribution in [0.25, 0.3) is 0 Å². The summed E-state index contributed by atoms with van der Waals surface area (Å²) in [7, 11) is 0. The lowest BCUT2D eigenvalue weighted by atomic mass is 10.1. The number of aryl methyl sites for hydroxylation is 2. The lowest BCUT2D eigenvalue weighted by molar-refractivity contribution is -0.136. The Balaban J connectivity index is 2.14. The van der Waals surface area contributed by atoms with Crippen LogP contribution in [0.15, 0.2) is 30.5 Å². The number of para-hydroxylation sites is 1. The third-order valence-electron chi connectivity index (χ3n) is 3.00. The molecule has 0 amide bonds. The number of anilines is 2. The number of hydrogen-bond donors (Lipinski definition) is 2. The highest BCUT2D eigenvalue weighted by molar-refractivity contribution is 7.80.